The molecule has 112 valence electrons. The number of hydrogen-bond donors (Lipinski definition) is 3. The minimum Gasteiger partial charge on any atom is -0.397 e. The van der Waals surface area contributed by atoms with Gasteiger partial charge in [-0.05, 0) is 24.1 Å². The van der Waals surface area contributed by atoms with Crippen molar-refractivity contribution in [1.29, 1.82) is 0 Å². The molecule has 21 heavy (non-hydrogen) atoms. The number of fused-ring (bicyclic) bond motifs is 1. The van der Waals surface area contributed by atoms with Crippen LogP contribution in [0, 0.1) is 5.92 Å². The number of nitrogens with one attached hydrogen (secondary N) is 1. The molecule has 0 saturated heterocycles. The second-order valence-corrected chi connectivity index (χ2v) is 7.05. The number of rotatable bonds is 4. The summed E-state index contributed by atoms with van der Waals surface area (Å²) >= 11 is 4.67. The zero-order valence-electron chi connectivity index (χ0n) is 11.6. The number of benzene rings is 1. The number of halogens is 1. The largest absolute Gasteiger partial charge is 0.397 e. The van der Waals surface area contributed by atoms with Crippen LogP contribution in [-0.2, 0) is 4.79 Å². The topological polar surface area (TPSA) is 98.2 Å². The maximum Gasteiger partial charge on any atom is 0.264 e. The van der Waals surface area contributed by atoms with Crippen LogP contribution in [-0.4, -0.2) is 17.9 Å². The molecule has 0 fully saturated rings. The molecule has 1 aromatic heterocycles. The summed E-state index contributed by atoms with van der Waals surface area (Å²) in [6, 6.07) is 4.94. The molecule has 0 radical (unpaired) electrons. The average Bonchev–Trinajstić information content (AvgIpc) is 2.72. The number of nitrogen functional groups attached to an aromatic ring is 1. The fourth-order valence-corrected chi connectivity index (χ4v) is 3.40. The van der Waals surface area contributed by atoms with Gasteiger partial charge in [0.1, 0.15) is 10.9 Å². The Hall–Kier alpha value is -1.60. The molecule has 0 aliphatic rings. The van der Waals surface area contributed by atoms with E-state index in [0.29, 0.717) is 10.6 Å². The van der Waals surface area contributed by atoms with Crippen molar-refractivity contribution in [2.75, 3.05) is 5.73 Å². The summed E-state index contributed by atoms with van der Waals surface area (Å²) in [5, 5.41) is 3.47. The van der Waals surface area contributed by atoms with Gasteiger partial charge in [-0.1, -0.05) is 29.8 Å². The monoisotopic (exact) mass is 369 g/mol. The zero-order chi connectivity index (χ0) is 15.7. The number of carbonyl (C=O) groups excluding carboxylic acids is 2. The summed E-state index contributed by atoms with van der Waals surface area (Å²) in [6.45, 7) is 3.64. The van der Waals surface area contributed by atoms with Crippen LogP contribution < -0.4 is 16.8 Å². The van der Waals surface area contributed by atoms with Gasteiger partial charge in [-0.2, -0.15) is 0 Å². The Morgan fingerprint density at radius 2 is 2.00 bits per heavy atom. The van der Waals surface area contributed by atoms with Crippen LogP contribution in [0.15, 0.2) is 22.7 Å². The second kappa shape index (κ2) is 6.03. The van der Waals surface area contributed by atoms with Crippen LogP contribution in [0.25, 0.3) is 10.1 Å². The van der Waals surface area contributed by atoms with Crippen molar-refractivity contribution in [3.05, 3.63) is 27.5 Å². The molecule has 1 atom stereocenters. The summed E-state index contributed by atoms with van der Waals surface area (Å²) in [6.07, 6.45) is 0. The molecule has 1 aromatic carbocycles. The summed E-state index contributed by atoms with van der Waals surface area (Å²) in [7, 11) is 0. The van der Waals surface area contributed by atoms with Crippen LogP contribution in [0.5, 0.6) is 0 Å². The molecule has 0 spiro atoms. The molecule has 2 amide bonds. The molecule has 0 aliphatic heterocycles. The Morgan fingerprint density at radius 3 is 2.57 bits per heavy atom. The van der Waals surface area contributed by atoms with Gasteiger partial charge in [-0.15, -0.1) is 11.3 Å². The van der Waals surface area contributed by atoms with E-state index in [2.05, 4.69) is 21.2 Å². The summed E-state index contributed by atoms with van der Waals surface area (Å²) in [5.74, 6) is -1.01. The maximum absolute atomic E-state index is 12.3. The van der Waals surface area contributed by atoms with Crippen molar-refractivity contribution in [1.82, 2.24) is 5.32 Å². The van der Waals surface area contributed by atoms with Gasteiger partial charge >= 0.3 is 0 Å². The number of hydrogen-bond acceptors (Lipinski definition) is 4. The number of anilines is 1. The highest BCUT2D eigenvalue weighted by molar-refractivity contribution is 9.10. The first-order valence-corrected chi connectivity index (χ1v) is 8.00. The fraction of sp³-hybridized carbons (Fsp3) is 0.286. The van der Waals surface area contributed by atoms with Gasteiger partial charge in [0.25, 0.3) is 5.91 Å². The highest BCUT2D eigenvalue weighted by Gasteiger charge is 2.24. The third-order valence-electron chi connectivity index (χ3n) is 3.15. The lowest BCUT2D eigenvalue weighted by molar-refractivity contribution is -0.120. The fourth-order valence-electron chi connectivity index (χ4n) is 2.03. The normalized spacial score (nSPS) is 12.6. The smallest absolute Gasteiger partial charge is 0.264 e. The molecule has 5 N–H and O–H groups in total. The van der Waals surface area contributed by atoms with Gasteiger partial charge in [-0.25, -0.2) is 0 Å². The number of thiophene rings is 1. The third kappa shape index (κ3) is 3.19. The van der Waals surface area contributed by atoms with E-state index in [9.17, 15) is 9.59 Å². The second-order valence-electron chi connectivity index (χ2n) is 5.08. The van der Waals surface area contributed by atoms with Gasteiger partial charge in [0.15, 0.2) is 0 Å². The van der Waals surface area contributed by atoms with Crippen LogP contribution in [0.3, 0.4) is 0 Å². The van der Waals surface area contributed by atoms with E-state index in [1.54, 1.807) is 0 Å². The number of nitrogens with two attached hydrogens (primary N) is 2. The number of amides is 2. The quantitative estimate of drug-likeness (QED) is 0.771. The van der Waals surface area contributed by atoms with Crippen LogP contribution >= 0.6 is 27.3 Å². The van der Waals surface area contributed by atoms with E-state index in [1.807, 2.05) is 32.0 Å². The minimum absolute atomic E-state index is 0.0869. The molecule has 5 nitrogen and oxygen atoms in total. The summed E-state index contributed by atoms with van der Waals surface area (Å²) < 4.78 is 1.81. The zero-order valence-corrected chi connectivity index (χ0v) is 14.0. The van der Waals surface area contributed by atoms with Crippen molar-refractivity contribution in [3.63, 3.8) is 0 Å². The molecule has 0 bridgehead atoms. The lowest BCUT2D eigenvalue weighted by Crippen LogP contribution is -2.47. The lowest BCUT2D eigenvalue weighted by atomic mass is 10.0. The van der Waals surface area contributed by atoms with E-state index in [-0.39, 0.29) is 11.8 Å². The van der Waals surface area contributed by atoms with Crippen LogP contribution in [0.1, 0.15) is 23.5 Å². The molecule has 0 aliphatic carbocycles. The molecular weight excluding hydrogens is 354 g/mol. The molecule has 0 saturated carbocycles. The first-order valence-electron chi connectivity index (χ1n) is 6.39. The Morgan fingerprint density at radius 1 is 1.33 bits per heavy atom. The first-order chi connectivity index (χ1) is 9.81. The van der Waals surface area contributed by atoms with E-state index >= 15 is 0 Å². The van der Waals surface area contributed by atoms with E-state index in [0.717, 1.165) is 14.6 Å². The van der Waals surface area contributed by atoms with Crippen molar-refractivity contribution in [2.45, 2.75) is 19.9 Å². The summed E-state index contributed by atoms with van der Waals surface area (Å²) in [5.41, 5.74) is 11.8. The highest BCUT2D eigenvalue weighted by atomic mass is 79.9. The molecule has 2 aromatic rings. The van der Waals surface area contributed by atoms with Gasteiger partial charge in [0.05, 0.1) is 5.69 Å². The van der Waals surface area contributed by atoms with Crippen LogP contribution in [0.2, 0.25) is 0 Å². The van der Waals surface area contributed by atoms with Gasteiger partial charge in [-0.3, -0.25) is 9.59 Å². The predicted octanol–water partition coefficient (Wildman–Crippen LogP) is 2.49. The Kier molecular flexibility index (Phi) is 4.53. The third-order valence-corrected chi connectivity index (χ3v) is 4.83. The van der Waals surface area contributed by atoms with Gasteiger partial charge < -0.3 is 16.8 Å². The van der Waals surface area contributed by atoms with Crippen molar-refractivity contribution in [2.24, 2.45) is 11.7 Å². The molecule has 1 unspecified atom stereocenters. The van der Waals surface area contributed by atoms with Crippen molar-refractivity contribution < 1.29 is 9.59 Å². The molecule has 1 heterocycles. The Labute approximate surface area is 134 Å². The minimum atomic E-state index is -0.714. The van der Waals surface area contributed by atoms with E-state index < -0.39 is 11.9 Å². The molecule has 2 rings (SSSR count). The maximum atomic E-state index is 12.3. The molecular formula is C14H16BrN3O2S. The standard InChI is InChI=1S/C14H16BrN3O2S/c1-6(2)11(13(17)19)18-14(20)12-10(16)8-5-7(15)3-4-9(8)21-12/h3-6,11H,16H2,1-2H3,(H2,17,19)(H,18,20). The highest BCUT2D eigenvalue weighted by Crippen LogP contribution is 2.35. The van der Waals surface area contributed by atoms with E-state index in [4.69, 9.17) is 11.5 Å². The van der Waals surface area contributed by atoms with Crippen LogP contribution in [0.4, 0.5) is 5.69 Å². The summed E-state index contributed by atoms with van der Waals surface area (Å²) in [4.78, 5) is 24.1. The number of carbonyl (C=O) groups is 2. The molecule has 7 heteroatoms. The average molecular weight is 370 g/mol. The Bertz CT molecular complexity index is 712. The predicted molar refractivity (Wildman–Crippen MR) is 89.2 cm³/mol. The lowest BCUT2D eigenvalue weighted by Gasteiger charge is -2.18. The van der Waals surface area contributed by atoms with Gasteiger partial charge in [0.2, 0.25) is 5.91 Å². The van der Waals surface area contributed by atoms with E-state index in [1.165, 1.54) is 11.3 Å². The van der Waals surface area contributed by atoms with Crippen molar-refractivity contribution >= 4 is 54.9 Å². The van der Waals surface area contributed by atoms with Gasteiger partial charge in [0, 0.05) is 14.6 Å². The Balaban J connectivity index is 2.35. The number of primary amides is 1. The van der Waals surface area contributed by atoms with Crippen molar-refractivity contribution in [3.8, 4) is 0 Å². The SMILES string of the molecule is CC(C)C(NC(=O)c1sc2ccc(Br)cc2c1N)C(N)=O. The first kappa shape index (κ1) is 15.8.